The number of rotatable bonds is 2. The maximum absolute atomic E-state index is 11.2. The van der Waals surface area contributed by atoms with Gasteiger partial charge in [0.2, 0.25) is 0 Å². The van der Waals surface area contributed by atoms with Gasteiger partial charge in [-0.15, -0.1) is 0 Å². The molecule has 0 radical (unpaired) electrons. The molecule has 0 amide bonds. The van der Waals surface area contributed by atoms with Crippen molar-refractivity contribution in [2.24, 2.45) is 5.92 Å². The van der Waals surface area contributed by atoms with Crippen LogP contribution in [0.3, 0.4) is 0 Å². The number of ketones is 1. The van der Waals surface area contributed by atoms with Gasteiger partial charge in [0.05, 0.1) is 6.10 Å². The first-order valence-corrected chi connectivity index (χ1v) is 6.12. The van der Waals surface area contributed by atoms with Crippen LogP contribution in [0.25, 0.3) is 0 Å². The molecule has 3 heteroatoms. The van der Waals surface area contributed by atoms with Crippen molar-refractivity contribution in [3.05, 3.63) is 29.8 Å². The SMILES string of the molecule is CC(=O)c1ccc(N2CCC(O)C(C)C2)cc1. The van der Waals surface area contributed by atoms with Crippen LogP contribution in [0, 0.1) is 5.92 Å². The minimum atomic E-state index is -0.178. The van der Waals surface area contributed by atoms with Crippen molar-refractivity contribution in [3.8, 4) is 0 Å². The van der Waals surface area contributed by atoms with Gasteiger partial charge < -0.3 is 10.0 Å². The third kappa shape index (κ3) is 2.67. The Morgan fingerprint density at radius 2 is 2.00 bits per heavy atom. The van der Waals surface area contributed by atoms with Crippen LogP contribution in [0.5, 0.6) is 0 Å². The Kier molecular flexibility index (Phi) is 3.48. The molecule has 0 spiro atoms. The van der Waals surface area contributed by atoms with Gasteiger partial charge in [0.1, 0.15) is 0 Å². The lowest BCUT2D eigenvalue weighted by molar-refractivity contribution is 0.0971. The summed E-state index contributed by atoms with van der Waals surface area (Å²) in [7, 11) is 0. The molecular weight excluding hydrogens is 214 g/mol. The van der Waals surface area contributed by atoms with Gasteiger partial charge in [-0.3, -0.25) is 4.79 Å². The maximum atomic E-state index is 11.2. The van der Waals surface area contributed by atoms with Crippen molar-refractivity contribution in [2.75, 3.05) is 18.0 Å². The molecule has 2 rings (SSSR count). The Bertz CT molecular complexity index is 399. The van der Waals surface area contributed by atoms with Gasteiger partial charge in [-0.1, -0.05) is 6.92 Å². The van der Waals surface area contributed by atoms with E-state index in [-0.39, 0.29) is 11.9 Å². The summed E-state index contributed by atoms with van der Waals surface area (Å²) in [6, 6.07) is 7.71. The number of anilines is 1. The minimum Gasteiger partial charge on any atom is -0.393 e. The molecule has 1 aliphatic heterocycles. The Morgan fingerprint density at radius 1 is 1.35 bits per heavy atom. The largest absolute Gasteiger partial charge is 0.393 e. The summed E-state index contributed by atoms with van der Waals surface area (Å²) < 4.78 is 0. The van der Waals surface area contributed by atoms with Crippen LogP contribution < -0.4 is 4.90 Å². The van der Waals surface area contributed by atoms with Gasteiger partial charge in [-0.05, 0) is 43.5 Å². The van der Waals surface area contributed by atoms with Crippen LogP contribution in [0.4, 0.5) is 5.69 Å². The second-order valence-corrected chi connectivity index (χ2v) is 4.88. The van der Waals surface area contributed by atoms with E-state index in [0.29, 0.717) is 5.92 Å². The number of nitrogens with zero attached hydrogens (tertiary/aromatic N) is 1. The average molecular weight is 233 g/mol. The molecule has 1 aromatic carbocycles. The van der Waals surface area contributed by atoms with Gasteiger partial charge in [-0.2, -0.15) is 0 Å². The monoisotopic (exact) mass is 233 g/mol. The number of hydrogen-bond donors (Lipinski definition) is 1. The van der Waals surface area contributed by atoms with E-state index < -0.39 is 0 Å². The summed E-state index contributed by atoms with van der Waals surface area (Å²) in [5.41, 5.74) is 1.88. The fraction of sp³-hybridized carbons (Fsp3) is 0.500. The van der Waals surface area contributed by atoms with Crippen LogP contribution >= 0.6 is 0 Å². The van der Waals surface area contributed by atoms with Crippen molar-refractivity contribution in [1.29, 1.82) is 0 Å². The van der Waals surface area contributed by atoms with E-state index in [4.69, 9.17) is 0 Å². The van der Waals surface area contributed by atoms with Gasteiger partial charge in [0.25, 0.3) is 0 Å². The Labute approximate surface area is 102 Å². The molecule has 0 saturated carbocycles. The molecule has 1 fully saturated rings. The molecule has 1 aliphatic rings. The molecule has 0 bridgehead atoms. The summed E-state index contributed by atoms with van der Waals surface area (Å²) in [5, 5.41) is 9.69. The predicted molar refractivity (Wildman–Crippen MR) is 68.4 cm³/mol. The van der Waals surface area contributed by atoms with Gasteiger partial charge in [0, 0.05) is 24.3 Å². The van der Waals surface area contributed by atoms with Crippen LogP contribution in [0.2, 0.25) is 0 Å². The van der Waals surface area contributed by atoms with Crippen molar-refractivity contribution in [2.45, 2.75) is 26.4 Å². The zero-order valence-corrected chi connectivity index (χ0v) is 10.4. The lowest BCUT2D eigenvalue weighted by Crippen LogP contribution is -2.41. The average Bonchev–Trinajstić information content (AvgIpc) is 2.33. The second kappa shape index (κ2) is 4.88. The Balaban J connectivity index is 2.10. The Morgan fingerprint density at radius 3 is 2.53 bits per heavy atom. The lowest BCUT2D eigenvalue weighted by Gasteiger charge is -2.36. The van der Waals surface area contributed by atoms with E-state index in [1.54, 1.807) is 6.92 Å². The molecule has 1 saturated heterocycles. The number of carbonyl (C=O) groups excluding carboxylic acids is 1. The molecule has 0 aromatic heterocycles. The molecule has 2 unspecified atom stereocenters. The smallest absolute Gasteiger partial charge is 0.159 e. The van der Waals surface area contributed by atoms with Crippen molar-refractivity contribution in [1.82, 2.24) is 0 Å². The third-order valence-corrected chi connectivity index (χ3v) is 3.50. The highest BCUT2D eigenvalue weighted by Gasteiger charge is 2.24. The van der Waals surface area contributed by atoms with Gasteiger partial charge in [-0.25, -0.2) is 0 Å². The van der Waals surface area contributed by atoms with E-state index in [2.05, 4.69) is 11.8 Å². The summed E-state index contributed by atoms with van der Waals surface area (Å²) in [6.45, 7) is 5.40. The standard InChI is InChI=1S/C14H19NO2/c1-10-9-15(8-7-14(10)17)13-5-3-12(4-6-13)11(2)16/h3-6,10,14,17H,7-9H2,1-2H3. The predicted octanol–water partition coefficient (Wildman–Crippen LogP) is 2.10. The van der Waals surface area contributed by atoms with Crippen molar-refractivity contribution >= 4 is 11.5 Å². The van der Waals surface area contributed by atoms with Crippen molar-refractivity contribution < 1.29 is 9.90 Å². The quantitative estimate of drug-likeness (QED) is 0.795. The fourth-order valence-electron chi connectivity index (χ4n) is 2.27. The Hall–Kier alpha value is -1.35. The molecule has 92 valence electrons. The molecule has 1 heterocycles. The van der Waals surface area contributed by atoms with Gasteiger partial charge in [0.15, 0.2) is 5.78 Å². The topological polar surface area (TPSA) is 40.5 Å². The number of piperidine rings is 1. The van der Waals surface area contributed by atoms with E-state index in [1.807, 2.05) is 24.3 Å². The highest BCUT2D eigenvalue weighted by atomic mass is 16.3. The molecule has 17 heavy (non-hydrogen) atoms. The number of aliphatic hydroxyl groups is 1. The number of Topliss-reactive ketones (excluding diaryl/α,β-unsaturated/α-hetero) is 1. The maximum Gasteiger partial charge on any atom is 0.159 e. The number of aliphatic hydroxyl groups excluding tert-OH is 1. The molecule has 2 atom stereocenters. The highest BCUT2D eigenvalue weighted by Crippen LogP contribution is 2.23. The van der Waals surface area contributed by atoms with Crippen LogP contribution in [-0.4, -0.2) is 30.1 Å². The van der Waals surface area contributed by atoms with E-state index >= 15 is 0 Å². The number of hydrogen-bond acceptors (Lipinski definition) is 3. The first-order chi connectivity index (χ1) is 8.08. The molecule has 0 aliphatic carbocycles. The van der Waals surface area contributed by atoms with E-state index in [1.165, 1.54) is 0 Å². The summed E-state index contributed by atoms with van der Waals surface area (Å²) >= 11 is 0. The van der Waals surface area contributed by atoms with Gasteiger partial charge >= 0.3 is 0 Å². The van der Waals surface area contributed by atoms with Crippen LogP contribution in [-0.2, 0) is 0 Å². The highest BCUT2D eigenvalue weighted by molar-refractivity contribution is 5.94. The number of benzene rings is 1. The van der Waals surface area contributed by atoms with Crippen LogP contribution in [0.15, 0.2) is 24.3 Å². The van der Waals surface area contributed by atoms with Crippen LogP contribution in [0.1, 0.15) is 30.6 Å². The molecule has 1 aromatic rings. The first-order valence-electron chi connectivity index (χ1n) is 6.12. The van der Waals surface area contributed by atoms with E-state index in [0.717, 1.165) is 30.8 Å². The second-order valence-electron chi connectivity index (χ2n) is 4.88. The summed E-state index contributed by atoms with van der Waals surface area (Å²) in [4.78, 5) is 13.4. The summed E-state index contributed by atoms with van der Waals surface area (Å²) in [5.74, 6) is 0.398. The van der Waals surface area contributed by atoms with E-state index in [9.17, 15) is 9.90 Å². The molecule has 1 N–H and O–H groups in total. The molecule has 3 nitrogen and oxygen atoms in total. The fourth-order valence-corrected chi connectivity index (χ4v) is 2.27. The van der Waals surface area contributed by atoms with Crippen molar-refractivity contribution in [3.63, 3.8) is 0 Å². The molecular formula is C14H19NO2. The zero-order valence-electron chi connectivity index (χ0n) is 10.4. The normalized spacial score (nSPS) is 24.8. The first kappa shape index (κ1) is 12.1. The zero-order chi connectivity index (χ0) is 12.4. The minimum absolute atomic E-state index is 0.0963. The summed E-state index contributed by atoms with van der Waals surface area (Å²) in [6.07, 6.45) is 0.637. The third-order valence-electron chi connectivity index (χ3n) is 3.50. The number of carbonyl (C=O) groups is 1. The lowest BCUT2D eigenvalue weighted by atomic mass is 9.96.